The largest absolute Gasteiger partial charge is 0.491 e. The Hall–Kier alpha value is -1.77. The number of ether oxygens (including phenoxy) is 1. The standard InChI is InChI=1S/C20H29NO2/c1-16(2)23-19-12-8-9-17(15-19)13-14-20(22)21-18-10-6-4-3-5-7-11-18/h8-9,12-16,18H,3-7,10-11H2,1-2H3,(H,21,22)/b14-13+. The fraction of sp³-hybridized carbons (Fsp3) is 0.550. The van der Waals surface area contributed by atoms with E-state index in [1.54, 1.807) is 6.08 Å². The highest BCUT2D eigenvalue weighted by molar-refractivity contribution is 5.91. The van der Waals surface area contributed by atoms with Crippen LogP contribution in [0, 0.1) is 0 Å². The van der Waals surface area contributed by atoms with Gasteiger partial charge in [-0.05, 0) is 50.5 Å². The Morgan fingerprint density at radius 3 is 2.57 bits per heavy atom. The molecule has 1 aliphatic rings. The van der Waals surface area contributed by atoms with Crippen LogP contribution in [0.4, 0.5) is 0 Å². The lowest BCUT2D eigenvalue weighted by Gasteiger charge is -2.20. The zero-order valence-electron chi connectivity index (χ0n) is 14.4. The Balaban J connectivity index is 1.87. The molecule has 1 aromatic carbocycles. The van der Waals surface area contributed by atoms with Gasteiger partial charge in [0, 0.05) is 12.1 Å². The summed E-state index contributed by atoms with van der Waals surface area (Å²) in [5, 5.41) is 3.15. The van der Waals surface area contributed by atoms with Crippen LogP contribution < -0.4 is 10.1 Å². The highest BCUT2D eigenvalue weighted by Gasteiger charge is 2.12. The van der Waals surface area contributed by atoms with Crippen molar-refractivity contribution in [3.05, 3.63) is 35.9 Å². The van der Waals surface area contributed by atoms with Crippen LogP contribution in [0.1, 0.15) is 64.4 Å². The summed E-state index contributed by atoms with van der Waals surface area (Å²) in [5.41, 5.74) is 0.982. The van der Waals surface area contributed by atoms with Gasteiger partial charge in [0.2, 0.25) is 5.91 Å². The smallest absolute Gasteiger partial charge is 0.244 e. The molecule has 1 fully saturated rings. The minimum Gasteiger partial charge on any atom is -0.491 e. The maximum atomic E-state index is 12.1. The summed E-state index contributed by atoms with van der Waals surface area (Å²) in [4.78, 5) is 12.1. The summed E-state index contributed by atoms with van der Waals surface area (Å²) in [6, 6.07) is 8.16. The molecule has 1 N–H and O–H groups in total. The highest BCUT2D eigenvalue weighted by Crippen LogP contribution is 2.18. The molecule has 23 heavy (non-hydrogen) atoms. The maximum Gasteiger partial charge on any atom is 0.244 e. The van der Waals surface area contributed by atoms with Gasteiger partial charge in [0.1, 0.15) is 5.75 Å². The number of rotatable bonds is 5. The molecule has 2 rings (SSSR count). The van der Waals surface area contributed by atoms with Crippen LogP contribution in [-0.2, 0) is 4.79 Å². The van der Waals surface area contributed by atoms with E-state index >= 15 is 0 Å². The average Bonchev–Trinajstić information content (AvgIpc) is 2.47. The molecular formula is C20H29NO2. The number of hydrogen-bond donors (Lipinski definition) is 1. The molecule has 0 heterocycles. The Kier molecular flexibility index (Phi) is 7.18. The quantitative estimate of drug-likeness (QED) is 0.799. The number of carbonyl (C=O) groups is 1. The molecule has 0 aromatic heterocycles. The lowest BCUT2D eigenvalue weighted by molar-refractivity contribution is -0.117. The van der Waals surface area contributed by atoms with E-state index in [-0.39, 0.29) is 12.0 Å². The second-order valence-corrected chi connectivity index (χ2v) is 6.62. The Labute approximate surface area is 140 Å². The normalized spacial score (nSPS) is 17.0. The monoisotopic (exact) mass is 315 g/mol. The first kappa shape index (κ1) is 17.6. The summed E-state index contributed by atoms with van der Waals surface area (Å²) in [5.74, 6) is 0.841. The van der Waals surface area contributed by atoms with E-state index in [1.807, 2.05) is 44.2 Å². The van der Waals surface area contributed by atoms with Crippen LogP contribution in [0.15, 0.2) is 30.3 Å². The Morgan fingerprint density at radius 2 is 1.87 bits per heavy atom. The molecule has 0 aliphatic heterocycles. The van der Waals surface area contributed by atoms with Crippen molar-refractivity contribution in [3.63, 3.8) is 0 Å². The molecule has 0 atom stereocenters. The second-order valence-electron chi connectivity index (χ2n) is 6.62. The van der Waals surface area contributed by atoms with E-state index in [2.05, 4.69) is 5.32 Å². The number of nitrogens with one attached hydrogen (secondary N) is 1. The van der Waals surface area contributed by atoms with Crippen molar-refractivity contribution in [3.8, 4) is 5.75 Å². The fourth-order valence-corrected chi connectivity index (χ4v) is 2.99. The van der Waals surface area contributed by atoms with Crippen LogP contribution in [-0.4, -0.2) is 18.1 Å². The number of hydrogen-bond acceptors (Lipinski definition) is 2. The zero-order valence-corrected chi connectivity index (χ0v) is 14.4. The molecule has 3 heteroatoms. The minimum atomic E-state index is 0.00533. The van der Waals surface area contributed by atoms with Gasteiger partial charge in [0.25, 0.3) is 0 Å². The first-order valence-corrected chi connectivity index (χ1v) is 8.89. The molecular weight excluding hydrogens is 286 g/mol. The fourth-order valence-electron chi connectivity index (χ4n) is 2.99. The lowest BCUT2D eigenvalue weighted by Crippen LogP contribution is -2.34. The molecule has 3 nitrogen and oxygen atoms in total. The highest BCUT2D eigenvalue weighted by atomic mass is 16.5. The third-order valence-electron chi connectivity index (χ3n) is 4.11. The van der Waals surface area contributed by atoms with E-state index in [9.17, 15) is 4.79 Å². The number of amides is 1. The summed E-state index contributed by atoms with van der Waals surface area (Å²) in [7, 11) is 0. The third kappa shape index (κ3) is 6.89. The first-order chi connectivity index (χ1) is 11.1. The van der Waals surface area contributed by atoms with Gasteiger partial charge in [-0.15, -0.1) is 0 Å². The molecule has 126 valence electrons. The SMILES string of the molecule is CC(C)Oc1cccc(/C=C/C(=O)NC2CCCCCCC2)c1. The van der Waals surface area contributed by atoms with Crippen molar-refractivity contribution in [1.29, 1.82) is 0 Å². The summed E-state index contributed by atoms with van der Waals surface area (Å²) in [6.07, 6.45) is 12.2. The Morgan fingerprint density at radius 1 is 1.17 bits per heavy atom. The van der Waals surface area contributed by atoms with Gasteiger partial charge in [-0.1, -0.05) is 44.2 Å². The van der Waals surface area contributed by atoms with Crippen LogP contribution in [0.2, 0.25) is 0 Å². The molecule has 0 unspecified atom stereocenters. The van der Waals surface area contributed by atoms with Gasteiger partial charge in [-0.3, -0.25) is 4.79 Å². The molecule has 0 radical (unpaired) electrons. The van der Waals surface area contributed by atoms with E-state index in [1.165, 1.54) is 32.1 Å². The van der Waals surface area contributed by atoms with Gasteiger partial charge < -0.3 is 10.1 Å². The topological polar surface area (TPSA) is 38.3 Å². The van der Waals surface area contributed by atoms with Crippen LogP contribution in [0.3, 0.4) is 0 Å². The molecule has 1 saturated carbocycles. The van der Waals surface area contributed by atoms with Gasteiger partial charge in [0.15, 0.2) is 0 Å². The molecule has 1 aromatic rings. The van der Waals surface area contributed by atoms with Crippen molar-refractivity contribution in [2.45, 2.75) is 70.9 Å². The Bertz CT molecular complexity index is 514. The lowest BCUT2D eigenvalue weighted by atomic mass is 9.97. The second kappa shape index (κ2) is 9.39. The molecule has 0 spiro atoms. The van der Waals surface area contributed by atoms with Gasteiger partial charge in [0.05, 0.1) is 6.10 Å². The van der Waals surface area contributed by atoms with Crippen molar-refractivity contribution >= 4 is 12.0 Å². The summed E-state index contributed by atoms with van der Waals surface area (Å²) < 4.78 is 5.67. The first-order valence-electron chi connectivity index (χ1n) is 8.89. The number of benzene rings is 1. The van der Waals surface area contributed by atoms with Gasteiger partial charge in [-0.25, -0.2) is 0 Å². The van der Waals surface area contributed by atoms with E-state index in [4.69, 9.17) is 4.74 Å². The average molecular weight is 315 g/mol. The van der Waals surface area contributed by atoms with Crippen molar-refractivity contribution in [2.24, 2.45) is 0 Å². The van der Waals surface area contributed by atoms with E-state index < -0.39 is 0 Å². The molecule has 0 saturated heterocycles. The minimum absolute atomic E-state index is 0.00533. The van der Waals surface area contributed by atoms with Crippen molar-refractivity contribution in [2.75, 3.05) is 0 Å². The molecule has 1 amide bonds. The van der Waals surface area contributed by atoms with E-state index in [0.717, 1.165) is 24.2 Å². The van der Waals surface area contributed by atoms with Gasteiger partial charge in [-0.2, -0.15) is 0 Å². The van der Waals surface area contributed by atoms with Crippen molar-refractivity contribution in [1.82, 2.24) is 5.32 Å². The predicted octanol–water partition coefficient (Wildman–Crippen LogP) is 4.72. The van der Waals surface area contributed by atoms with Crippen LogP contribution in [0.25, 0.3) is 6.08 Å². The third-order valence-corrected chi connectivity index (χ3v) is 4.11. The summed E-state index contributed by atoms with van der Waals surface area (Å²) in [6.45, 7) is 4.01. The maximum absolute atomic E-state index is 12.1. The van der Waals surface area contributed by atoms with Gasteiger partial charge >= 0.3 is 0 Å². The van der Waals surface area contributed by atoms with Crippen LogP contribution in [0.5, 0.6) is 5.75 Å². The van der Waals surface area contributed by atoms with E-state index in [0.29, 0.717) is 6.04 Å². The number of carbonyl (C=O) groups excluding carboxylic acids is 1. The molecule has 1 aliphatic carbocycles. The molecule has 0 bridgehead atoms. The zero-order chi connectivity index (χ0) is 16.5. The van der Waals surface area contributed by atoms with Crippen molar-refractivity contribution < 1.29 is 9.53 Å². The van der Waals surface area contributed by atoms with Crippen LogP contribution >= 0.6 is 0 Å². The predicted molar refractivity (Wildman–Crippen MR) is 95.5 cm³/mol. The summed E-state index contributed by atoms with van der Waals surface area (Å²) >= 11 is 0.